The van der Waals surface area contributed by atoms with Crippen LogP contribution in [0.4, 0.5) is 5.69 Å². The van der Waals surface area contributed by atoms with Gasteiger partial charge in [-0.15, -0.1) is 0 Å². The van der Waals surface area contributed by atoms with Gasteiger partial charge >= 0.3 is 0 Å². The molecule has 0 radical (unpaired) electrons. The van der Waals surface area contributed by atoms with E-state index in [1.165, 1.54) is 19.2 Å². The summed E-state index contributed by atoms with van der Waals surface area (Å²) >= 11 is 2.94. The molecule has 6 heteroatoms. The Balaban J connectivity index is 0.00000137. The zero-order valence-corrected chi connectivity index (χ0v) is 12.4. The van der Waals surface area contributed by atoms with Gasteiger partial charge in [-0.3, -0.25) is 10.1 Å². The smallest absolute Gasteiger partial charge is 0.270 e. The Hall–Kier alpha value is -1.56. The molecule has 0 saturated heterocycles. The lowest BCUT2D eigenvalue weighted by Gasteiger charge is -2.11. The summed E-state index contributed by atoms with van der Waals surface area (Å²) in [4.78, 5) is 10.3. The highest BCUT2D eigenvalue weighted by molar-refractivity contribution is 9.08. The number of hydrogen-bond donors (Lipinski definition) is 1. The van der Waals surface area contributed by atoms with Crippen LogP contribution in [-0.4, -0.2) is 24.9 Å². The van der Waals surface area contributed by atoms with Crippen molar-refractivity contribution in [1.82, 2.24) is 5.32 Å². The highest BCUT2D eigenvalue weighted by atomic mass is 79.9. The predicted octanol–water partition coefficient (Wildman–Crippen LogP) is 3.19. The minimum atomic E-state index is -0.425. The fraction of sp³-hybridized carbons (Fsp3) is 0.333. The second-order valence-corrected chi connectivity index (χ2v) is 3.09. The molecule has 1 N–H and O–H groups in total. The van der Waals surface area contributed by atoms with E-state index < -0.39 is 4.92 Å². The Labute approximate surface area is 115 Å². The number of non-ortho nitro benzene ring substituents is 1. The average molecular weight is 317 g/mol. The van der Waals surface area contributed by atoms with Gasteiger partial charge in [0.15, 0.2) is 0 Å². The van der Waals surface area contributed by atoms with Gasteiger partial charge in [0.05, 0.1) is 12.0 Å². The Morgan fingerprint density at radius 1 is 1.50 bits per heavy atom. The molecule has 0 unspecified atom stereocenters. The van der Waals surface area contributed by atoms with Crippen molar-refractivity contribution in [2.24, 2.45) is 0 Å². The number of nitrogens with zero attached hydrogens (tertiary/aromatic N) is 1. The maximum absolute atomic E-state index is 10.7. The Morgan fingerprint density at radius 2 is 2.11 bits per heavy atom. The molecule has 100 valence electrons. The summed E-state index contributed by atoms with van der Waals surface area (Å²) in [5.74, 6) is 2.42. The van der Waals surface area contributed by atoms with E-state index in [1.54, 1.807) is 13.1 Å². The Kier molecular flexibility index (Phi) is 7.78. The fourth-order valence-corrected chi connectivity index (χ4v) is 1.45. The first-order valence-corrected chi connectivity index (χ1v) is 6.77. The number of nitrogens with one attached hydrogen (secondary N) is 1. The largest absolute Gasteiger partial charge is 0.496 e. The molecular formula is C12H17BrN2O3. The molecule has 0 spiro atoms. The molecule has 0 bridgehead atoms. The third kappa shape index (κ3) is 4.03. The SMILES string of the molecule is C/C=C(\NC)c1cc([N+](=O)[O-])ccc1OC.CBr. The number of halogens is 1. The van der Waals surface area contributed by atoms with Crippen molar-refractivity contribution < 1.29 is 9.66 Å². The quantitative estimate of drug-likeness (QED) is 0.526. The molecule has 1 aromatic carbocycles. The maximum Gasteiger partial charge on any atom is 0.270 e. The van der Waals surface area contributed by atoms with Crippen molar-refractivity contribution in [2.75, 3.05) is 20.0 Å². The average Bonchev–Trinajstić information content (AvgIpc) is 2.42. The van der Waals surface area contributed by atoms with E-state index in [1.807, 2.05) is 18.8 Å². The van der Waals surface area contributed by atoms with Crippen molar-refractivity contribution >= 4 is 27.3 Å². The molecule has 1 aromatic rings. The monoisotopic (exact) mass is 316 g/mol. The number of benzene rings is 1. The van der Waals surface area contributed by atoms with E-state index in [2.05, 4.69) is 21.2 Å². The molecule has 0 heterocycles. The van der Waals surface area contributed by atoms with Crippen LogP contribution >= 0.6 is 15.9 Å². The van der Waals surface area contributed by atoms with E-state index in [0.29, 0.717) is 11.3 Å². The second-order valence-electron chi connectivity index (χ2n) is 3.09. The molecule has 1 rings (SSSR count). The number of nitro benzene ring substituents is 1. The summed E-state index contributed by atoms with van der Waals surface area (Å²) in [7, 11) is 3.29. The van der Waals surface area contributed by atoms with Gasteiger partial charge in [-0.05, 0) is 18.8 Å². The predicted molar refractivity (Wildman–Crippen MR) is 77.2 cm³/mol. The van der Waals surface area contributed by atoms with Gasteiger partial charge in [0.2, 0.25) is 0 Å². The first-order valence-electron chi connectivity index (χ1n) is 5.18. The number of allylic oxidation sites excluding steroid dienone is 1. The third-order valence-electron chi connectivity index (χ3n) is 2.24. The van der Waals surface area contributed by atoms with Gasteiger partial charge in [-0.25, -0.2) is 0 Å². The molecule has 0 aliphatic rings. The minimum absolute atomic E-state index is 0.0467. The molecule has 5 nitrogen and oxygen atoms in total. The van der Waals surface area contributed by atoms with E-state index in [-0.39, 0.29) is 5.69 Å². The van der Waals surface area contributed by atoms with Crippen LogP contribution in [0.2, 0.25) is 0 Å². The zero-order chi connectivity index (χ0) is 14.1. The normalized spacial score (nSPS) is 10.2. The van der Waals surface area contributed by atoms with Crippen LogP contribution in [0, 0.1) is 10.1 Å². The molecule has 0 fully saturated rings. The second kappa shape index (κ2) is 8.52. The van der Waals surface area contributed by atoms with Gasteiger partial charge in [0, 0.05) is 30.4 Å². The van der Waals surface area contributed by atoms with Gasteiger partial charge < -0.3 is 10.1 Å². The first-order chi connectivity index (χ1) is 8.63. The Morgan fingerprint density at radius 3 is 2.50 bits per heavy atom. The van der Waals surface area contributed by atoms with Crippen molar-refractivity contribution in [2.45, 2.75) is 6.92 Å². The first kappa shape index (κ1) is 16.4. The van der Waals surface area contributed by atoms with E-state index in [0.717, 1.165) is 5.70 Å². The standard InChI is InChI=1S/C11H14N2O3.CH3Br/c1-4-10(12-2)9-7-8(13(14)15)5-6-11(9)16-3;1-2/h4-7,12H,1-3H3;1H3/b10-4-;. The minimum Gasteiger partial charge on any atom is -0.496 e. The number of nitro groups is 1. The number of ether oxygens (including phenoxy) is 1. The maximum atomic E-state index is 10.7. The molecular weight excluding hydrogens is 300 g/mol. The summed E-state index contributed by atoms with van der Waals surface area (Å²) in [5.41, 5.74) is 1.52. The molecule has 0 atom stereocenters. The van der Waals surface area contributed by atoms with Crippen molar-refractivity contribution in [3.05, 3.63) is 40.0 Å². The molecule has 0 saturated carbocycles. The van der Waals surface area contributed by atoms with Crippen LogP contribution in [0.15, 0.2) is 24.3 Å². The van der Waals surface area contributed by atoms with Crippen LogP contribution in [0.25, 0.3) is 5.70 Å². The number of hydrogen-bond acceptors (Lipinski definition) is 4. The number of methoxy groups -OCH3 is 1. The third-order valence-corrected chi connectivity index (χ3v) is 2.24. The van der Waals surface area contributed by atoms with Crippen molar-refractivity contribution in [1.29, 1.82) is 0 Å². The lowest BCUT2D eigenvalue weighted by molar-refractivity contribution is -0.384. The topological polar surface area (TPSA) is 64.4 Å². The lowest BCUT2D eigenvalue weighted by atomic mass is 10.1. The van der Waals surface area contributed by atoms with Crippen LogP contribution in [0.1, 0.15) is 12.5 Å². The highest BCUT2D eigenvalue weighted by Gasteiger charge is 2.13. The van der Waals surface area contributed by atoms with E-state index in [9.17, 15) is 10.1 Å². The van der Waals surface area contributed by atoms with Gasteiger partial charge in [-0.1, -0.05) is 22.0 Å². The van der Waals surface area contributed by atoms with Gasteiger partial charge in [0.1, 0.15) is 5.75 Å². The molecule has 0 aliphatic carbocycles. The van der Waals surface area contributed by atoms with Gasteiger partial charge in [0.25, 0.3) is 5.69 Å². The summed E-state index contributed by atoms with van der Waals surface area (Å²) in [6.45, 7) is 1.85. The Bertz CT molecular complexity index is 433. The summed E-state index contributed by atoms with van der Waals surface area (Å²) in [6.07, 6.45) is 1.83. The summed E-state index contributed by atoms with van der Waals surface area (Å²) in [6, 6.07) is 4.50. The highest BCUT2D eigenvalue weighted by Crippen LogP contribution is 2.28. The number of alkyl halides is 1. The summed E-state index contributed by atoms with van der Waals surface area (Å²) < 4.78 is 5.16. The number of rotatable bonds is 4. The van der Waals surface area contributed by atoms with Crippen molar-refractivity contribution in [3.63, 3.8) is 0 Å². The van der Waals surface area contributed by atoms with E-state index in [4.69, 9.17) is 4.74 Å². The molecule has 0 aromatic heterocycles. The lowest BCUT2D eigenvalue weighted by Crippen LogP contribution is -2.06. The van der Waals surface area contributed by atoms with Crippen molar-refractivity contribution in [3.8, 4) is 5.75 Å². The van der Waals surface area contributed by atoms with Crippen LogP contribution in [-0.2, 0) is 0 Å². The van der Waals surface area contributed by atoms with Gasteiger partial charge in [-0.2, -0.15) is 0 Å². The molecule has 0 amide bonds. The van der Waals surface area contributed by atoms with Crippen LogP contribution in [0.3, 0.4) is 0 Å². The summed E-state index contributed by atoms with van der Waals surface area (Å²) in [5, 5.41) is 13.6. The molecule has 18 heavy (non-hydrogen) atoms. The zero-order valence-electron chi connectivity index (χ0n) is 10.9. The fourth-order valence-electron chi connectivity index (χ4n) is 1.45. The van der Waals surface area contributed by atoms with Crippen LogP contribution < -0.4 is 10.1 Å². The molecule has 0 aliphatic heterocycles. The van der Waals surface area contributed by atoms with E-state index >= 15 is 0 Å². The van der Waals surface area contributed by atoms with Crippen LogP contribution in [0.5, 0.6) is 5.75 Å².